The first-order chi connectivity index (χ1) is 10.5. The summed E-state index contributed by atoms with van der Waals surface area (Å²) >= 11 is 0. The van der Waals surface area contributed by atoms with Crippen LogP contribution in [0.15, 0.2) is 4.99 Å². The number of likely N-dealkylation sites (tertiary alicyclic amines) is 1. The Labute approximate surface area is 136 Å². The lowest BCUT2D eigenvalue weighted by Crippen LogP contribution is -2.50. The monoisotopic (exact) mass is 309 g/mol. The molecule has 1 N–H and O–H groups in total. The fourth-order valence-corrected chi connectivity index (χ4v) is 3.83. The maximum Gasteiger partial charge on any atom is 0.193 e. The number of rotatable bonds is 5. The molecule has 2 aliphatic rings. The molecule has 22 heavy (non-hydrogen) atoms. The molecule has 2 unspecified atom stereocenters. The second kappa shape index (κ2) is 7.67. The fourth-order valence-electron chi connectivity index (χ4n) is 3.83. The summed E-state index contributed by atoms with van der Waals surface area (Å²) < 4.78 is 5.56. The highest BCUT2D eigenvalue weighted by atomic mass is 16.5. The van der Waals surface area contributed by atoms with Gasteiger partial charge in [0.05, 0.1) is 13.2 Å². The molecule has 0 radical (unpaired) electrons. The standard InChI is InChI=1S/C18H35N3O/c1-5-8-17(3)9-7-11-21(14-17)16(19-6-2)20-13-18(4)10-12-22-15-18/h5-15H2,1-4H3,(H,19,20). The molecule has 2 heterocycles. The molecule has 0 aromatic carbocycles. The Kier molecular flexibility index (Phi) is 6.13. The van der Waals surface area contributed by atoms with Crippen molar-refractivity contribution in [2.24, 2.45) is 15.8 Å². The Morgan fingerprint density at radius 3 is 2.68 bits per heavy atom. The zero-order valence-electron chi connectivity index (χ0n) is 15.1. The molecule has 2 atom stereocenters. The van der Waals surface area contributed by atoms with Crippen LogP contribution in [-0.2, 0) is 4.74 Å². The molecule has 4 nitrogen and oxygen atoms in total. The van der Waals surface area contributed by atoms with Crippen molar-refractivity contribution < 1.29 is 4.74 Å². The van der Waals surface area contributed by atoms with Crippen LogP contribution in [0.25, 0.3) is 0 Å². The maximum atomic E-state index is 5.56. The molecule has 2 aliphatic heterocycles. The fraction of sp³-hybridized carbons (Fsp3) is 0.944. The van der Waals surface area contributed by atoms with Crippen molar-refractivity contribution in [2.45, 2.75) is 59.8 Å². The molecule has 0 bridgehead atoms. The summed E-state index contributed by atoms with van der Waals surface area (Å²) in [5.41, 5.74) is 0.673. The van der Waals surface area contributed by atoms with E-state index in [1.807, 2.05) is 0 Å². The van der Waals surface area contributed by atoms with Crippen LogP contribution in [0.2, 0.25) is 0 Å². The van der Waals surface area contributed by atoms with Gasteiger partial charge in [-0.2, -0.15) is 0 Å². The van der Waals surface area contributed by atoms with Crippen molar-refractivity contribution in [3.8, 4) is 0 Å². The van der Waals surface area contributed by atoms with E-state index in [9.17, 15) is 0 Å². The van der Waals surface area contributed by atoms with E-state index in [-0.39, 0.29) is 5.41 Å². The summed E-state index contributed by atoms with van der Waals surface area (Å²) in [7, 11) is 0. The number of ether oxygens (including phenoxy) is 1. The molecule has 2 saturated heterocycles. The second-order valence-corrected chi connectivity index (χ2v) is 7.87. The second-order valence-electron chi connectivity index (χ2n) is 7.87. The molecule has 4 heteroatoms. The van der Waals surface area contributed by atoms with Gasteiger partial charge in [0.2, 0.25) is 0 Å². The first-order valence-corrected chi connectivity index (χ1v) is 9.11. The Balaban J connectivity index is 2.02. The third-order valence-corrected chi connectivity index (χ3v) is 5.18. The molecule has 0 aromatic rings. The van der Waals surface area contributed by atoms with Crippen LogP contribution in [0.3, 0.4) is 0 Å². The van der Waals surface area contributed by atoms with Crippen molar-refractivity contribution in [3.63, 3.8) is 0 Å². The number of piperidine rings is 1. The van der Waals surface area contributed by atoms with Crippen molar-refractivity contribution in [2.75, 3.05) is 39.4 Å². The zero-order valence-corrected chi connectivity index (χ0v) is 15.1. The first-order valence-electron chi connectivity index (χ1n) is 9.11. The molecule has 2 rings (SSSR count). The van der Waals surface area contributed by atoms with Gasteiger partial charge in [-0.1, -0.05) is 27.2 Å². The van der Waals surface area contributed by atoms with Crippen LogP contribution in [-0.4, -0.2) is 50.3 Å². The van der Waals surface area contributed by atoms with Crippen LogP contribution < -0.4 is 5.32 Å². The zero-order chi connectivity index (χ0) is 16.1. The van der Waals surface area contributed by atoms with Crippen molar-refractivity contribution in [1.29, 1.82) is 0 Å². The molecular weight excluding hydrogens is 274 g/mol. The summed E-state index contributed by atoms with van der Waals surface area (Å²) in [5, 5.41) is 3.51. The molecule has 0 aromatic heterocycles. The minimum Gasteiger partial charge on any atom is -0.381 e. The van der Waals surface area contributed by atoms with Gasteiger partial charge >= 0.3 is 0 Å². The Morgan fingerprint density at radius 2 is 2.05 bits per heavy atom. The van der Waals surface area contributed by atoms with Gasteiger partial charge in [-0.05, 0) is 38.0 Å². The van der Waals surface area contributed by atoms with Crippen molar-refractivity contribution in [3.05, 3.63) is 0 Å². The minimum atomic E-state index is 0.225. The highest BCUT2D eigenvalue weighted by molar-refractivity contribution is 5.80. The first kappa shape index (κ1) is 17.6. The molecule has 0 saturated carbocycles. The number of nitrogens with zero attached hydrogens (tertiary/aromatic N) is 2. The van der Waals surface area contributed by atoms with Gasteiger partial charge in [-0.3, -0.25) is 4.99 Å². The summed E-state index contributed by atoms with van der Waals surface area (Å²) in [6, 6.07) is 0. The molecular formula is C18H35N3O. The van der Waals surface area contributed by atoms with Gasteiger partial charge in [0, 0.05) is 31.7 Å². The van der Waals surface area contributed by atoms with Gasteiger partial charge in [0.25, 0.3) is 0 Å². The normalized spacial score (nSPS) is 33.3. The highest BCUT2D eigenvalue weighted by Crippen LogP contribution is 2.34. The van der Waals surface area contributed by atoms with Crippen LogP contribution in [0.4, 0.5) is 0 Å². The summed E-state index contributed by atoms with van der Waals surface area (Å²) in [5.74, 6) is 1.11. The van der Waals surface area contributed by atoms with Crippen molar-refractivity contribution >= 4 is 5.96 Å². The molecule has 128 valence electrons. The van der Waals surface area contributed by atoms with Crippen LogP contribution in [0.5, 0.6) is 0 Å². The summed E-state index contributed by atoms with van der Waals surface area (Å²) in [6.45, 7) is 15.0. The van der Waals surface area contributed by atoms with E-state index in [0.29, 0.717) is 5.41 Å². The Morgan fingerprint density at radius 1 is 1.23 bits per heavy atom. The summed E-state index contributed by atoms with van der Waals surface area (Å²) in [6.07, 6.45) is 6.34. The lowest BCUT2D eigenvalue weighted by Gasteiger charge is -2.42. The third kappa shape index (κ3) is 4.61. The van der Waals surface area contributed by atoms with Crippen LogP contribution >= 0.6 is 0 Å². The number of guanidine groups is 1. The third-order valence-electron chi connectivity index (χ3n) is 5.18. The summed E-state index contributed by atoms with van der Waals surface area (Å²) in [4.78, 5) is 7.46. The number of aliphatic imine (C=N–C) groups is 1. The maximum absolute atomic E-state index is 5.56. The quantitative estimate of drug-likeness (QED) is 0.625. The largest absolute Gasteiger partial charge is 0.381 e. The van der Waals surface area contributed by atoms with E-state index in [1.54, 1.807) is 0 Å². The van der Waals surface area contributed by atoms with Crippen molar-refractivity contribution in [1.82, 2.24) is 10.2 Å². The molecule has 2 fully saturated rings. The number of hydrogen-bond donors (Lipinski definition) is 1. The van der Waals surface area contributed by atoms with Crippen LogP contribution in [0, 0.1) is 10.8 Å². The average molecular weight is 309 g/mol. The van der Waals surface area contributed by atoms with E-state index in [4.69, 9.17) is 9.73 Å². The SMILES string of the molecule is CCCC1(C)CCCN(C(=NCC2(C)CCOC2)NCC)C1. The van der Waals surface area contributed by atoms with E-state index < -0.39 is 0 Å². The van der Waals surface area contributed by atoms with E-state index in [2.05, 4.69) is 37.9 Å². The number of nitrogens with one attached hydrogen (secondary N) is 1. The molecule has 0 amide bonds. The average Bonchev–Trinajstić information content (AvgIpc) is 2.90. The van der Waals surface area contributed by atoms with E-state index >= 15 is 0 Å². The number of hydrogen-bond acceptors (Lipinski definition) is 2. The molecule has 0 aliphatic carbocycles. The van der Waals surface area contributed by atoms with Gasteiger partial charge in [0.1, 0.15) is 0 Å². The van der Waals surface area contributed by atoms with Gasteiger partial charge < -0.3 is 15.0 Å². The lowest BCUT2D eigenvalue weighted by atomic mass is 9.78. The van der Waals surface area contributed by atoms with Gasteiger partial charge in [0.15, 0.2) is 5.96 Å². The minimum absolute atomic E-state index is 0.225. The van der Waals surface area contributed by atoms with E-state index in [1.165, 1.54) is 25.7 Å². The lowest BCUT2D eigenvalue weighted by molar-refractivity contribution is 0.141. The highest BCUT2D eigenvalue weighted by Gasteiger charge is 2.33. The van der Waals surface area contributed by atoms with E-state index in [0.717, 1.165) is 51.8 Å². The Bertz CT molecular complexity index is 373. The smallest absolute Gasteiger partial charge is 0.193 e. The predicted octanol–water partition coefficient (Wildman–Crippen LogP) is 3.28. The van der Waals surface area contributed by atoms with Gasteiger partial charge in [-0.15, -0.1) is 0 Å². The van der Waals surface area contributed by atoms with Gasteiger partial charge in [-0.25, -0.2) is 0 Å². The topological polar surface area (TPSA) is 36.9 Å². The molecule has 0 spiro atoms. The Hall–Kier alpha value is -0.770. The van der Waals surface area contributed by atoms with Crippen LogP contribution in [0.1, 0.15) is 59.8 Å². The predicted molar refractivity (Wildman–Crippen MR) is 93.3 cm³/mol.